The first-order valence-electron chi connectivity index (χ1n) is 7.17. The van der Waals surface area contributed by atoms with Crippen molar-refractivity contribution in [1.29, 1.82) is 0 Å². The maximum Gasteiger partial charge on any atom is 0.221 e. The molecule has 0 aliphatic heterocycles. The van der Waals surface area contributed by atoms with Gasteiger partial charge in [-0.1, -0.05) is 12.0 Å². The highest BCUT2D eigenvalue weighted by Gasteiger charge is 2.13. The van der Waals surface area contributed by atoms with Crippen LogP contribution in [0, 0.1) is 12.3 Å². The molecule has 0 bridgehead atoms. The molecule has 0 aromatic heterocycles. The van der Waals surface area contributed by atoms with Gasteiger partial charge in [0.2, 0.25) is 5.91 Å². The van der Waals surface area contributed by atoms with Gasteiger partial charge in [0.25, 0.3) is 0 Å². The van der Waals surface area contributed by atoms with Gasteiger partial charge in [-0.25, -0.2) is 0 Å². The number of aromatic hydroxyl groups is 2. The Kier molecular flexibility index (Phi) is 8.54. The fourth-order valence-electron chi connectivity index (χ4n) is 1.77. The summed E-state index contributed by atoms with van der Waals surface area (Å²) in [5.74, 6) is 1.63. The highest BCUT2D eigenvalue weighted by molar-refractivity contribution is 5.76. The second-order valence-electron chi connectivity index (χ2n) is 4.78. The standard InChI is InChI=1S/C16H22N2O5/c1-2-6-22-8-9-23-7-5-18-16(21)11-13(17)12-3-4-14(19)15(20)10-12/h1,3-4,10,13,19-20H,5-9,11,17H2,(H,18,21). The first kappa shape index (κ1) is 18.8. The Bertz CT molecular complexity index is 542. The average molecular weight is 322 g/mol. The lowest BCUT2D eigenvalue weighted by atomic mass is 10.0. The van der Waals surface area contributed by atoms with E-state index in [0.29, 0.717) is 31.9 Å². The summed E-state index contributed by atoms with van der Waals surface area (Å²) in [5.41, 5.74) is 6.46. The molecule has 0 saturated heterocycles. The summed E-state index contributed by atoms with van der Waals surface area (Å²) < 4.78 is 10.3. The SMILES string of the molecule is C#CCOCCOCCNC(=O)CC(N)c1ccc(O)c(O)c1. The molecule has 1 rings (SSSR count). The van der Waals surface area contributed by atoms with Gasteiger partial charge in [-0.2, -0.15) is 0 Å². The highest BCUT2D eigenvalue weighted by Crippen LogP contribution is 2.27. The zero-order valence-electron chi connectivity index (χ0n) is 12.8. The van der Waals surface area contributed by atoms with Gasteiger partial charge in [-0.05, 0) is 17.7 Å². The van der Waals surface area contributed by atoms with Gasteiger partial charge in [0, 0.05) is 19.0 Å². The van der Waals surface area contributed by atoms with Crippen LogP contribution in [-0.4, -0.2) is 49.1 Å². The fraction of sp³-hybridized carbons (Fsp3) is 0.438. The molecular weight excluding hydrogens is 300 g/mol. The Labute approximate surface area is 135 Å². The number of phenolic OH excluding ortho intramolecular Hbond substituents is 2. The zero-order valence-corrected chi connectivity index (χ0v) is 12.8. The van der Waals surface area contributed by atoms with E-state index in [2.05, 4.69) is 11.2 Å². The summed E-state index contributed by atoms with van der Waals surface area (Å²) in [5, 5.41) is 21.3. The normalized spacial score (nSPS) is 11.7. The Hall–Kier alpha value is -2.27. The summed E-state index contributed by atoms with van der Waals surface area (Å²) in [6, 6.07) is 3.66. The minimum absolute atomic E-state index is 0.0650. The van der Waals surface area contributed by atoms with Crippen LogP contribution in [0.3, 0.4) is 0 Å². The number of amides is 1. The molecule has 5 N–H and O–H groups in total. The van der Waals surface area contributed by atoms with Gasteiger partial charge < -0.3 is 30.7 Å². The van der Waals surface area contributed by atoms with Crippen LogP contribution >= 0.6 is 0 Å². The van der Waals surface area contributed by atoms with Crippen molar-refractivity contribution < 1.29 is 24.5 Å². The van der Waals surface area contributed by atoms with E-state index in [9.17, 15) is 15.0 Å². The van der Waals surface area contributed by atoms with Crippen molar-refractivity contribution in [3.63, 3.8) is 0 Å². The van der Waals surface area contributed by atoms with Gasteiger partial charge in [0.05, 0.1) is 19.8 Å². The van der Waals surface area contributed by atoms with E-state index < -0.39 is 6.04 Å². The minimum atomic E-state index is -0.570. The molecule has 0 spiro atoms. The Morgan fingerprint density at radius 1 is 1.26 bits per heavy atom. The second kappa shape index (κ2) is 10.5. The van der Waals surface area contributed by atoms with Crippen molar-refractivity contribution in [3.05, 3.63) is 23.8 Å². The quantitative estimate of drug-likeness (QED) is 0.279. The van der Waals surface area contributed by atoms with Crippen LogP contribution in [0.1, 0.15) is 18.0 Å². The molecule has 7 nitrogen and oxygen atoms in total. The highest BCUT2D eigenvalue weighted by atomic mass is 16.5. The van der Waals surface area contributed by atoms with Gasteiger partial charge in [0.1, 0.15) is 6.61 Å². The van der Waals surface area contributed by atoms with Crippen LogP contribution in [0.25, 0.3) is 0 Å². The average Bonchev–Trinajstić information content (AvgIpc) is 2.52. The molecule has 7 heteroatoms. The first-order valence-corrected chi connectivity index (χ1v) is 7.17. The van der Waals surface area contributed by atoms with Crippen molar-refractivity contribution in [2.45, 2.75) is 12.5 Å². The molecule has 0 fully saturated rings. The molecular formula is C16H22N2O5. The van der Waals surface area contributed by atoms with E-state index >= 15 is 0 Å². The number of nitrogens with one attached hydrogen (secondary N) is 1. The molecule has 1 atom stereocenters. The lowest BCUT2D eigenvalue weighted by Gasteiger charge is -2.13. The number of carbonyl (C=O) groups is 1. The first-order chi connectivity index (χ1) is 11.0. The summed E-state index contributed by atoms with van der Waals surface area (Å²) in [6.07, 6.45) is 5.09. The Morgan fingerprint density at radius 3 is 2.70 bits per heavy atom. The molecule has 1 unspecified atom stereocenters. The molecule has 0 saturated carbocycles. The van der Waals surface area contributed by atoms with Gasteiger partial charge in [-0.15, -0.1) is 6.42 Å². The largest absolute Gasteiger partial charge is 0.504 e. The number of ether oxygens (including phenoxy) is 2. The lowest BCUT2D eigenvalue weighted by molar-refractivity contribution is -0.121. The number of carbonyl (C=O) groups excluding carboxylic acids is 1. The number of nitrogens with two attached hydrogens (primary N) is 1. The number of benzene rings is 1. The van der Waals surface area contributed by atoms with Crippen molar-refractivity contribution in [3.8, 4) is 23.8 Å². The zero-order chi connectivity index (χ0) is 17.1. The summed E-state index contributed by atoms with van der Waals surface area (Å²) in [6.45, 7) is 1.80. The predicted octanol–water partition coefficient (Wildman–Crippen LogP) is 0.270. The van der Waals surface area contributed by atoms with Crippen LogP contribution < -0.4 is 11.1 Å². The topological polar surface area (TPSA) is 114 Å². The van der Waals surface area contributed by atoms with E-state index in [4.69, 9.17) is 21.6 Å². The summed E-state index contributed by atoms with van der Waals surface area (Å²) >= 11 is 0. The Balaban J connectivity index is 2.18. The molecule has 0 heterocycles. The Morgan fingerprint density at radius 2 is 2.00 bits per heavy atom. The van der Waals surface area contributed by atoms with E-state index in [1.807, 2.05) is 0 Å². The smallest absolute Gasteiger partial charge is 0.221 e. The maximum absolute atomic E-state index is 11.7. The molecule has 23 heavy (non-hydrogen) atoms. The van der Waals surface area contributed by atoms with Crippen LogP contribution in [0.2, 0.25) is 0 Å². The molecule has 0 aliphatic carbocycles. The van der Waals surface area contributed by atoms with E-state index in [0.717, 1.165) is 0 Å². The fourth-order valence-corrected chi connectivity index (χ4v) is 1.77. The molecule has 126 valence electrons. The molecule has 1 aromatic carbocycles. The number of hydrogen-bond acceptors (Lipinski definition) is 6. The molecule has 0 aliphatic rings. The third-order valence-electron chi connectivity index (χ3n) is 2.96. The predicted molar refractivity (Wildman–Crippen MR) is 84.8 cm³/mol. The number of rotatable bonds is 10. The molecule has 1 aromatic rings. The van der Waals surface area contributed by atoms with Crippen LogP contribution in [0.5, 0.6) is 11.5 Å². The van der Waals surface area contributed by atoms with Crippen molar-refractivity contribution in [1.82, 2.24) is 5.32 Å². The van der Waals surface area contributed by atoms with E-state index in [1.54, 1.807) is 6.07 Å². The van der Waals surface area contributed by atoms with Crippen molar-refractivity contribution >= 4 is 5.91 Å². The third-order valence-corrected chi connectivity index (χ3v) is 2.96. The monoisotopic (exact) mass is 322 g/mol. The summed E-state index contributed by atoms with van der Waals surface area (Å²) in [4.78, 5) is 11.7. The number of terminal acetylenes is 1. The van der Waals surface area contributed by atoms with Gasteiger partial charge in [-0.3, -0.25) is 4.79 Å². The van der Waals surface area contributed by atoms with Crippen molar-refractivity contribution in [2.75, 3.05) is 33.0 Å². The van der Waals surface area contributed by atoms with E-state index in [1.165, 1.54) is 12.1 Å². The maximum atomic E-state index is 11.7. The number of phenols is 2. The minimum Gasteiger partial charge on any atom is -0.504 e. The number of hydrogen-bond donors (Lipinski definition) is 4. The van der Waals surface area contributed by atoms with E-state index in [-0.39, 0.29) is 30.4 Å². The second-order valence-corrected chi connectivity index (χ2v) is 4.78. The third kappa shape index (κ3) is 7.51. The molecule has 1 amide bonds. The van der Waals surface area contributed by atoms with Crippen molar-refractivity contribution in [2.24, 2.45) is 5.73 Å². The van der Waals surface area contributed by atoms with Gasteiger partial charge in [0.15, 0.2) is 11.5 Å². The van der Waals surface area contributed by atoms with Crippen LogP contribution in [0.15, 0.2) is 18.2 Å². The summed E-state index contributed by atoms with van der Waals surface area (Å²) in [7, 11) is 0. The lowest BCUT2D eigenvalue weighted by Crippen LogP contribution is -2.30. The van der Waals surface area contributed by atoms with Crippen LogP contribution in [0.4, 0.5) is 0 Å². The van der Waals surface area contributed by atoms with Crippen LogP contribution in [-0.2, 0) is 14.3 Å². The van der Waals surface area contributed by atoms with Gasteiger partial charge >= 0.3 is 0 Å². The molecule has 0 radical (unpaired) electrons.